The van der Waals surface area contributed by atoms with Crippen LogP contribution >= 0.6 is 0 Å². The van der Waals surface area contributed by atoms with E-state index in [1.807, 2.05) is 0 Å². The standard InChI is InChI=1S/C33H54O4/c1-5-33(19-21-7-8-22(33)16-21)37-29(36)11-6-20(2)25-9-10-26-30-27(13-15-32(25,26)4)31(3)14-12-24(34)17-23(31)18-28(30)35/h20-28,30,34-35H,5-19H2,1-4H3/t20-,21+,22-,23+,24-,25-,26+,27+,28-,30+,31+,32-,33+/m1/s1. The number of carbonyl (C=O) groups is 1. The molecule has 0 aromatic heterocycles. The van der Waals surface area contributed by atoms with Crippen LogP contribution in [0.2, 0.25) is 0 Å². The fourth-order valence-electron chi connectivity index (χ4n) is 12.0. The summed E-state index contributed by atoms with van der Waals surface area (Å²) in [6, 6.07) is 0. The summed E-state index contributed by atoms with van der Waals surface area (Å²) in [5.74, 6) is 4.68. The molecule has 37 heavy (non-hydrogen) atoms. The van der Waals surface area contributed by atoms with Gasteiger partial charge in [-0.25, -0.2) is 0 Å². The average molecular weight is 515 g/mol. The second-order valence-corrected chi connectivity index (χ2v) is 15.4. The molecule has 2 N–H and O–H groups in total. The molecule has 0 spiro atoms. The third-order valence-electron chi connectivity index (χ3n) is 14.1. The van der Waals surface area contributed by atoms with E-state index >= 15 is 0 Å². The highest BCUT2D eigenvalue weighted by atomic mass is 16.6. The van der Waals surface area contributed by atoms with Gasteiger partial charge in [0.1, 0.15) is 5.60 Å². The molecular weight excluding hydrogens is 460 g/mol. The van der Waals surface area contributed by atoms with Gasteiger partial charge in [-0.15, -0.1) is 0 Å². The molecule has 4 nitrogen and oxygen atoms in total. The van der Waals surface area contributed by atoms with Crippen molar-refractivity contribution in [1.82, 2.24) is 0 Å². The number of aliphatic hydroxyl groups excluding tert-OH is 2. The molecule has 0 heterocycles. The van der Waals surface area contributed by atoms with Crippen LogP contribution in [0, 0.1) is 58.2 Å². The van der Waals surface area contributed by atoms with E-state index in [-0.39, 0.29) is 34.6 Å². The third kappa shape index (κ3) is 4.16. The largest absolute Gasteiger partial charge is 0.459 e. The van der Waals surface area contributed by atoms with Crippen LogP contribution < -0.4 is 0 Å². The van der Waals surface area contributed by atoms with E-state index in [4.69, 9.17) is 4.74 Å². The number of esters is 1. The van der Waals surface area contributed by atoms with Crippen LogP contribution in [0.1, 0.15) is 124 Å². The zero-order chi connectivity index (χ0) is 26.2. The van der Waals surface area contributed by atoms with Crippen molar-refractivity contribution in [2.45, 2.75) is 142 Å². The van der Waals surface area contributed by atoms with Crippen LogP contribution in [0.15, 0.2) is 0 Å². The Hall–Kier alpha value is -0.610. The molecular formula is C33H54O4. The number of hydrogen-bond acceptors (Lipinski definition) is 4. The van der Waals surface area contributed by atoms with Gasteiger partial charge in [0.25, 0.3) is 0 Å². The van der Waals surface area contributed by atoms with Gasteiger partial charge in [-0.3, -0.25) is 4.79 Å². The molecule has 2 bridgehead atoms. The Labute approximate surface area is 225 Å². The number of rotatable bonds is 6. The Kier molecular flexibility index (Phi) is 6.83. The van der Waals surface area contributed by atoms with E-state index < -0.39 is 0 Å². The second kappa shape index (κ2) is 9.50. The van der Waals surface area contributed by atoms with Gasteiger partial charge in [-0.2, -0.15) is 0 Å². The first-order valence-corrected chi connectivity index (χ1v) is 16.2. The maximum atomic E-state index is 13.1. The van der Waals surface area contributed by atoms with Crippen molar-refractivity contribution >= 4 is 5.97 Å². The predicted octanol–water partition coefficient (Wildman–Crippen LogP) is 6.91. The lowest BCUT2D eigenvalue weighted by molar-refractivity contribution is -0.174. The van der Waals surface area contributed by atoms with E-state index in [1.54, 1.807) is 0 Å². The molecule has 0 aromatic carbocycles. The Morgan fingerprint density at radius 1 is 0.919 bits per heavy atom. The lowest BCUT2D eigenvalue weighted by Gasteiger charge is -2.62. The molecule has 6 aliphatic carbocycles. The van der Waals surface area contributed by atoms with Crippen LogP contribution in [0.3, 0.4) is 0 Å². The van der Waals surface area contributed by atoms with Gasteiger partial charge < -0.3 is 14.9 Å². The molecule has 210 valence electrons. The van der Waals surface area contributed by atoms with Gasteiger partial charge in [0.2, 0.25) is 0 Å². The first kappa shape index (κ1) is 26.6. The SMILES string of the molecule is CC[C@]1(OC(=O)CC[C@@H](C)[C@H]2CC[C@H]3[C@@H]4[C@H](O)C[C@@H]5C[C@H](O)CC[C@]5(C)[C@H]4CC[C@]23C)C[C@H]2CC[C@@H]1C2. The zero-order valence-corrected chi connectivity index (χ0v) is 24.1. The van der Waals surface area contributed by atoms with Crippen molar-refractivity contribution in [2.24, 2.45) is 58.2 Å². The number of carbonyl (C=O) groups excluding carboxylic acids is 1. The van der Waals surface area contributed by atoms with Crippen molar-refractivity contribution in [3.05, 3.63) is 0 Å². The Morgan fingerprint density at radius 3 is 2.38 bits per heavy atom. The monoisotopic (exact) mass is 514 g/mol. The van der Waals surface area contributed by atoms with Crippen LogP contribution in [-0.2, 0) is 9.53 Å². The molecule has 6 fully saturated rings. The normalized spacial score (nSPS) is 53.3. The predicted molar refractivity (Wildman–Crippen MR) is 146 cm³/mol. The second-order valence-electron chi connectivity index (χ2n) is 15.4. The molecule has 4 heteroatoms. The highest BCUT2D eigenvalue weighted by molar-refractivity contribution is 5.70. The molecule has 6 aliphatic rings. The highest BCUT2D eigenvalue weighted by Crippen LogP contribution is 2.68. The summed E-state index contributed by atoms with van der Waals surface area (Å²) >= 11 is 0. The van der Waals surface area contributed by atoms with Gasteiger partial charge in [-0.05, 0) is 148 Å². The summed E-state index contributed by atoms with van der Waals surface area (Å²) in [5, 5.41) is 21.8. The fraction of sp³-hybridized carbons (Fsp3) is 0.970. The first-order chi connectivity index (χ1) is 17.6. The van der Waals surface area contributed by atoms with Gasteiger partial charge in [0.05, 0.1) is 12.2 Å². The summed E-state index contributed by atoms with van der Waals surface area (Å²) in [7, 11) is 0. The van der Waals surface area contributed by atoms with Crippen molar-refractivity contribution < 1.29 is 19.7 Å². The lowest BCUT2D eigenvalue weighted by Crippen LogP contribution is -2.58. The van der Waals surface area contributed by atoms with Gasteiger partial charge in [0.15, 0.2) is 0 Å². The quantitative estimate of drug-likeness (QED) is 0.378. The van der Waals surface area contributed by atoms with Gasteiger partial charge >= 0.3 is 5.97 Å². The Morgan fingerprint density at radius 2 is 1.68 bits per heavy atom. The van der Waals surface area contributed by atoms with Gasteiger partial charge in [0, 0.05) is 6.42 Å². The number of ether oxygens (including phenoxy) is 1. The molecule has 6 rings (SSSR count). The van der Waals surface area contributed by atoms with E-state index in [2.05, 4.69) is 27.7 Å². The molecule has 0 unspecified atom stereocenters. The van der Waals surface area contributed by atoms with E-state index in [0.29, 0.717) is 47.8 Å². The zero-order valence-electron chi connectivity index (χ0n) is 24.1. The number of aliphatic hydroxyl groups is 2. The molecule has 0 saturated heterocycles. The molecule has 13 atom stereocenters. The minimum atomic E-state index is -0.214. The Balaban J connectivity index is 1.10. The minimum Gasteiger partial charge on any atom is -0.459 e. The number of fused-ring (bicyclic) bond motifs is 7. The third-order valence-corrected chi connectivity index (χ3v) is 14.1. The van der Waals surface area contributed by atoms with Gasteiger partial charge in [-0.1, -0.05) is 27.7 Å². The van der Waals surface area contributed by atoms with Crippen molar-refractivity contribution in [1.29, 1.82) is 0 Å². The van der Waals surface area contributed by atoms with E-state index in [1.165, 1.54) is 44.9 Å². The summed E-state index contributed by atoms with van der Waals surface area (Å²) in [4.78, 5) is 13.1. The Bertz CT molecular complexity index is 872. The van der Waals surface area contributed by atoms with Crippen molar-refractivity contribution in [3.8, 4) is 0 Å². The maximum Gasteiger partial charge on any atom is 0.306 e. The average Bonchev–Trinajstić information content (AvgIpc) is 3.56. The van der Waals surface area contributed by atoms with Crippen LogP contribution in [-0.4, -0.2) is 34.0 Å². The fourth-order valence-corrected chi connectivity index (χ4v) is 12.0. The van der Waals surface area contributed by atoms with E-state index in [9.17, 15) is 15.0 Å². The molecule has 0 aromatic rings. The van der Waals surface area contributed by atoms with Crippen molar-refractivity contribution in [3.63, 3.8) is 0 Å². The number of hydrogen-bond donors (Lipinski definition) is 2. The smallest absolute Gasteiger partial charge is 0.306 e. The highest BCUT2D eigenvalue weighted by Gasteiger charge is 2.63. The molecule has 0 aliphatic heterocycles. The minimum absolute atomic E-state index is 0.0470. The maximum absolute atomic E-state index is 13.1. The van der Waals surface area contributed by atoms with Crippen molar-refractivity contribution in [2.75, 3.05) is 0 Å². The summed E-state index contributed by atoms with van der Waals surface area (Å²) in [6.07, 6.45) is 15.8. The van der Waals surface area contributed by atoms with E-state index in [0.717, 1.165) is 50.9 Å². The summed E-state index contributed by atoms with van der Waals surface area (Å²) < 4.78 is 6.29. The summed E-state index contributed by atoms with van der Waals surface area (Å²) in [5.41, 5.74) is 0.400. The molecule has 6 saturated carbocycles. The van der Waals surface area contributed by atoms with Crippen LogP contribution in [0.5, 0.6) is 0 Å². The molecule has 0 amide bonds. The topological polar surface area (TPSA) is 66.8 Å². The van der Waals surface area contributed by atoms with Crippen LogP contribution in [0.4, 0.5) is 0 Å². The first-order valence-electron chi connectivity index (χ1n) is 16.2. The van der Waals surface area contributed by atoms with Crippen LogP contribution in [0.25, 0.3) is 0 Å². The lowest BCUT2D eigenvalue weighted by atomic mass is 9.43. The molecule has 0 radical (unpaired) electrons. The summed E-state index contributed by atoms with van der Waals surface area (Å²) in [6.45, 7) is 9.63.